The number of ether oxygens (including phenoxy) is 1. The first-order valence-corrected chi connectivity index (χ1v) is 6.61. The summed E-state index contributed by atoms with van der Waals surface area (Å²) < 4.78 is 16.9. The maximum absolute atomic E-state index is 11.6. The van der Waals surface area contributed by atoms with E-state index in [4.69, 9.17) is 10.5 Å². The van der Waals surface area contributed by atoms with Gasteiger partial charge in [-0.25, -0.2) is 0 Å². The highest BCUT2D eigenvalue weighted by Crippen LogP contribution is 2.01. The summed E-state index contributed by atoms with van der Waals surface area (Å²) >= 11 is 0. The van der Waals surface area contributed by atoms with Crippen molar-refractivity contribution in [2.45, 2.75) is 32.4 Å². The van der Waals surface area contributed by atoms with Crippen LogP contribution >= 0.6 is 0 Å². The summed E-state index contributed by atoms with van der Waals surface area (Å²) in [7, 11) is -0.784. The van der Waals surface area contributed by atoms with Crippen LogP contribution in [0.25, 0.3) is 0 Å². The molecular formula is C10H23NO2S. The maximum atomic E-state index is 11.6. The molecule has 0 aromatic carbocycles. The van der Waals surface area contributed by atoms with Crippen LogP contribution in [-0.2, 0) is 15.5 Å². The Balaban J connectivity index is 3.44. The normalized spacial score (nSPS) is 15.8. The van der Waals surface area contributed by atoms with Crippen molar-refractivity contribution in [2.24, 2.45) is 11.7 Å². The first-order valence-electron chi connectivity index (χ1n) is 5.23. The van der Waals surface area contributed by atoms with Gasteiger partial charge in [-0.3, -0.25) is 4.21 Å². The maximum Gasteiger partial charge on any atom is 0.0581 e. The molecule has 0 heterocycles. The van der Waals surface area contributed by atoms with Crippen LogP contribution in [0.5, 0.6) is 0 Å². The molecule has 0 aromatic heterocycles. The van der Waals surface area contributed by atoms with Crippen LogP contribution in [0.3, 0.4) is 0 Å². The summed E-state index contributed by atoms with van der Waals surface area (Å²) in [4.78, 5) is 0. The van der Waals surface area contributed by atoms with Crippen molar-refractivity contribution < 1.29 is 8.95 Å². The third kappa shape index (κ3) is 7.47. The fourth-order valence-corrected chi connectivity index (χ4v) is 2.11. The quantitative estimate of drug-likeness (QED) is 0.625. The van der Waals surface area contributed by atoms with E-state index >= 15 is 0 Å². The summed E-state index contributed by atoms with van der Waals surface area (Å²) in [5, 5.41) is 0.197. The second-order valence-electron chi connectivity index (χ2n) is 3.94. The van der Waals surface area contributed by atoms with Crippen LogP contribution in [0.2, 0.25) is 0 Å². The number of hydrogen-bond donors (Lipinski definition) is 1. The van der Waals surface area contributed by atoms with Crippen molar-refractivity contribution >= 4 is 10.8 Å². The fourth-order valence-electron chi connectivity index (χ4n) is 1.03. The minimum atomic E-state index is -0.784. The van der Waals surface area contributed by atoms with Crippen molar-refractivity contribution in [3.63, 3.8) is 0 Å². The van der Waals surface area contributed by atoms with Crippen LogP contribution in [0.1, 0.15) is 27.2 Å². The second-order valence-corrected chi connectivity index (χ2v) is 5.92. The first kappa shape index (κ1) is 14.1. The summed E-state index contributed by atoms with van der Waals surface area (Å²) in [6.07, 6.45) is 0.830. The lowest BCUT2D eigenvalue weighted by Crippen LogP contribution is -2.20. The van der Waals surface area contributed by atoms with Crippen molar-refractivity contribution in [2.75, 3.05) is 25.5 Å². The molecule has 0 rings (SSSR count). The zero-order valence-corrected chi connectivity index (χ0v) is 10.3. The molecule has 14 heavy (non-hydrogen) atoms. The van der Waals surface area contributed by atoms with Crippen molar-refractivity contribution in [1.82, 2.24) is 0 Å². The van der Waals surface area contributed by atoms with Gasteiger partial charge in [0.15, 0.2) is 0 Å². The topological polar surface area (TPSA) is 52.3 Å². The van der Waals surface area contributed by atoms with E-state index in [2.05, 4.69) is 13.8 Å². The lowest BCUT2D eigenvalue weighted by molar-refractivity contribution is 0.123. The average molecular weight is 221 g/mol. The zero-order valence-electron chi connectivity index (χ0n) is 9.49. The van der Waals surface area contributed by atoms with Crippen molar-refractivity contribution in [3.8, 4) is 0 Å². The Morgan fingerprint density at radius 2 is 2.00 bits per heavy atom. The predicted molar refractivity (Wildman–Crippen MR) is 61.8 cm³/mol. The molecule has 86 valence electrons. The first-order chi connectivity index (χ1) is 6.57. The molecule has 0 radical (unpaired) electrons. The van der Waals surface area contributed by atoms with Gasteiger partial charge in [-0.1, -0.05) is 20.8 Å². The summed E-state index contributed by atoms with van der Waals surface area (Å²) in [6.45, 7) is 8.15. The van der Waals surface area contributed by atoms with E-state index in [1.165, 1.54) is 0 Å². The average Bonchev–Trinajstić information content (AvgIpc) is 2.12. The Labute approximate surface area is 89.9 Å². The molecule has 0 spiro atoms. The highest BCUT2D eigenvalue weighted by Gasteiger charge is 2.09. The van der Waals surface area contributed by atoms with Crippen LogP contribution in [0.15, 0.2) is 0 Å². The van der Waals surface area contributed by atoms with Gasteiger partial charge in [-0.15, -0.1) is 0 Å². The molecule has 0 amide bonds. The monoisotopic (exact) mass is 221 g/mol. The van der Waals surface area contributed by atoms with E-state index in [0.717, 1.165) is 13.0 Å². The molecule has 2 atom stereocenters. The molecule has 0 bridgehead atoms. The molecular weight excluding hydrogens is 198 g/mol. The predicted octanol–water partition coefficient (Wildman–Crippen LogP) is 1.15. The van der Waals surface area contributed by atoms with Gasteiger partial charge in [0.2, 0.25) is 0 Å². The van der Waals surface area contributed by atoms with Gasteiger partial charge in [0.1, 0.15) is 0 Å². The van der Waals surface area contributed by atoms with E-state index < -0.39 is 10.8 Å². The molecule has 0 saturated heterocycles. The van der Waals surface area contributed by atoms with Gasteiger partial charge in [0.25, 0.3) is 0 Å². The van der Waals surface area contributed by atoms with Gasteiger partial charge < -0.3 is 10.5 Å². The van der Waals surface area contributed by atoms with Gasteiger partial charge >= 0.3 is 0 Å². The molecule has 0 fully saturated rings. The van der Waals surface area contributed by atoms with Crippen LogP contribution in [0, 0.1) is 5.92 Å². The molecule has 0 aliphatic carbocycles. The zero-order chi connectivity index (χ0) is 11.0. The largest absolute Gasteiger partial charge is 0.380 e. The molecule has 2 unspecified atom stereocenters. The number of hydrogen-bond acceptors (Lipinski definition) is 3. The Morgan fingerprint density at radius 3 is 2.50 bits per heavy atom. The summed E-state index contributed by atoms with van der Waals surface area (Å²) in [5.74, 6) is 1.18. The molecule has 3 nitrogen and oxygen atoms in total. The van der Waals surface area contributed by atoms with Gasteiger partial charge in [0, 0.05) is 28.4 Å². The minimum absolute atomic E-state index is 0.197. The van der Waals surface area contributed by atoms with E-state index in [1.54, 1.807) is 0 Å². The lowest BCUT2D eigenvalue weighted by atomic mass is 10.2. The fraction of sp³-hybridized carbons (Fsp3) is 1.00. The Morgan fingerprint density at radius 1 is 1.36 bits per heavy atom. The lowest BCUT2D eigenvalue weighted by Gasteiger charge is -2.11. The van der Waals surface area contributed by atoms with E-state index in [9.17, 15) is 4.21 Å². The van der Waals surface area contributed by atoms with Gasteiger partial charge in [-0.2, -0.15) is 0 Å². The Bertz CT molecular complexity index is 162. The third-order valence-electron chi connectivity index (χ3n) is 1.90. The molecule has 4 heteroatoms. The number of nitrogens with two attached hydrogens (primary N) is 1. The summed E-state index contributed by atoms with van der Waals surface area (Å²) in [6, 6.07) is 0. The SMILES string of the molecule is CC(C)COCCS(=O)C(C)CCN. The van der Waals surface area contributed by atoms with E-state index in [-0.39, 0.29) is 5.25 Å². The van der Waals surface area contributed by atoms with Crippen molar-refractivity contribution in [1.29, 1.82) is 0 Å². The molecule has 0 saturated carbocycles. The summed E-state index contributed by atoms with van der Waals surface area (Å²) in [5.41, 5.74) is 5.40. The Kier molecular flexibility index (Phi) is 8.43. The molecule has 2 N–H and O–H groups in total. The van der Waals surface area contributed by atoms with Crippen LogP contribution in [0.4, 0.5) is 0 Å². The van der Waals surface area contributed by atoms with Gasteiger partial charge in [0.05, 0.1) is 6.61 Å². The highest BCUT2D eigenvalue weighted by molar-refractivity contribution is 7.85. The van der Waals surface area contributed by atoms with Crippen LogP contribution < -0.4 is 5.73 Å². The van der Waals surface area contributed by atoms with E-state index in [0.29, 0.717) is 24.8 Å². The van der Waals surface area contributed by atoms with Crippen LogP contribution in [-0.4, -0.2) is 35.0 Å². The molecule has 0 aliphatic rings. The minimum Gasteiger partial charge on any atom is -0.380 e. The highest BCUT2D eigenvalue weighted by atomic mass is 32.2. The second kappa shape index (κ2) is 8.38. The van der Waals surface area contributed by atoms with E-state index in [1.807, 2.05) is 6.92 Å². The standard InChI is InChI=1S/C10H23NO2S/c1-9(2)8-13-6-7-14(12)10(3)4-5-11/h9-10H,4-8,11H2,1-3H3. The third-order valence-corrected chi connectivity index (χ3v) is 3.60. The van der Waals surface area contributed by atoms with Gasteiger partial charge in [-0.05, 0) is 18.9 Å². The smallest absolute Gasteiger partial charge is 0.0581 e. The molecule has 0 aliphatic heterocycles. The molecule has 0 aromatic rings. The number of rotatable bonds is 8. The Hall–Kier alpha value is 0.0700. The van der Waals surface area contributed by atoms with Crippen molar-refractivity contribution in [3.05, 3.63) is 0 Å².